The number of aromatic nitrogens is 2. The zero-order valence-corrected chi connectivity index (χ0v) is 18.5. The molecule has 0 aliphatic rings. The van der Waals surface area contributed by atoms with Gasteiger partial charge >= 0.3 is 0 Å². The first-order chi connectivity index (χ1) is 15.7. The van der Waals surface area contributed by atoms with E-state index in [-0.39, 0.29) is 11.5 Å². The highest BCUT2D eigenvalue weighted by Gasteiger charge is 2.13. The largest absolute Gasteiger partial charge is 0.299 e. The summed E-state index contributed by atoms with van der Waals surface area (Å²) in [5.41, 5.74) is 5.48. The number of hydrogen-bond acceptors (Lipinski definition) is 6. The Morgan fingerprint density at radius 1 is 1.09 bits per heavy atom. The molecule has 0 spiro atoms. The fourth-order valence-electron chi connectivity index (χ4n) is 3.55. The third kappa shape index (κ3) is 5.90. The minimum atomic E-state index is -0.505. The third-order valence-corrected chi connectivity index (χ3v) is 4.98. The molecule has 3 aromatic rings. The molecule has 1 aromatic heterocycles. The first kappa shape index (κ1) is 22.9. The predicted molar refractivity (Wildman–Crippen MR) is 129 cm³/mol. The summed E-state index contributed by atoms with van der Waals surface area (Å²) < 4.78 is 0. The van der Waals surface area contributed by atoms with Crippen LogP contribution in [0.4, 0.5) is 5.95 Å². The smallest absolute Gasteiger partial charge is 0.270 e. The van der Waals surface area contributed by atoms with Gasteiger partial charge in [0.2, 0.25) is 5.95 Å². The lowest BCUT2D eigenvalue weighted by Crippen LogP contribution is -2.25. The first-order valence-corrected chi connectivity index (χ1v) is 10.8. The topological polar surface area (TPSA) is 97.2 Å². The molecule has 0 fully saturated rings. The molecule has 0 amide bonds. The molecule has 0 atom stereocenters. The van der Waals surface area contributed by atoms with Gasteiger partial charge in [0.25, 0.3) is 5.56 Å². The zero-order chi connectivity index (χ0) is 22.8. The second kappa shape index (κ2) is 11.6. The van der Waals surface area contributed by atoms with Crippen LogP contribution in [0.1, 0.15) is 43.4 Å². The molecule has 0 saturated heterocycles. The molecule has 0 bridgehead atoms. The van der Waals surface area contributed by atoms with Crippen molar-refractivity contribution in [1.82, 2.24) is 14.9 Å². The minimum Gasteiger partial charge on any atom is -0.299 e. The van der Waals surface area contributed by atoms with Gasteiger partial charge in [-0.25, -0.2) is 10.4 Å². The molecular formula is C25H28N6O. The lowest BCUT2D eigenvalue weighted by molar-refractivity contribution is 0.266. The molecule has 164 valence electrons. The number of H-pyrrole nitrogens is 1. The summed E-state index contributed by atoms with van der Waals surface area (Å²) in [4.78, 5) is 21.8. The van der Waals surface area contributed by atoms with E-state index in [0.717, 1.165) is 38.0 Å². The Balaban J connectivity index is 1.82. The van der Waals surface area contributed by atoms with Gasteiger partial charge < -0.3 is 0 Å². The Kier molecular flexibility index (Phi) is 8.29. The summed E-state index contributed by atoms with van der Waals surface area (Å²) in [6.45, 7) is 7.34. The van der Waals surface area contributed by atoms with Gasteiger partial charge in [-0.3, -0.25) is 14.7 Å². The Bertz CT molecular complexity index is 1140. The highest BCUT2D eigenvalue weighted by atomic mass is 16.1. The highest BCUT2D eigenvalue weighted by molar-refractivity contribution is 5.82. The Morgan fingerprint density at radius 2 is 1.78 bits per heavy atom. The van der Waals surface area contributed by atoms with E-state index in [1.54, 1.807) is 6.21 Å². The standard InChI is InChI=1S/C25H28N6O/c1-3-14-31(15-4-2)18-21-13-9-8-12-20(21)17-27-30-25-28-23(19-10-6-5-7-11-19)22(16-26)24(32)29-25/h5-13,17H,3-4,14-15,18H2,1-2H3,(H2,28,29,30,32). The molecule has 0 radical (unpaired) electrons. The summed E-state index contributed by atoms with van der Waals surface area (Å²) in [6.07, 6.45) is 3.95. The molecule has 3 rings (SSSR count). The summed E-state index contributed by atoms with van der Waals surface area (Å²) >= 11 is 0. The number of hydrogen-bond donors (Lipinski definition) is 2. The Morgan fingerprint density at radius 3 is 2.47 bits per heavy atom. The van der Waals surface area contributed by atoms with Crippen molar-refractivity contribution in [3.05, 3.63) is 81.6 Å². The van der Waals surface area contributed by atoms with Gasteiger partial charge in [0.1, 0.15) is 11.6 Å². The number of rotatable bonds is 10. The van der Waals surface area contributed by atoms with Crippen LogP contribution in [0.25, 0.3) is 11.3 Å². The van der Waals surface area contributed by atoms with Gasteiger partial charge in [-0.1, -0.05) is 68.4 Å². The average molecular weight is 429 g/mol. The van der Waals surface area contributed by atoms with Gasteiger partial charge in [-0.2, -0.15) is 10.4 Å². The third-order valence-electron chi connectivity index (χ3n) is 4.98. The molecule has 2 N–H and O–H groups in total. The number of nitrogens with zero attached hydrogens (tertiary/aromatic N) is 4. The van der Waals surface area contributed by atoms with Gasteiger partial charge in [0.15, 0.2) is 0 Å². The molecule has 0 aliphatic carbocycles. The van der Waals surface area contributed by atoms with Crippen molar-refractivity contribution in [2.45, 2.75) is 33.2 Å². The quantitative estimate of drug-likeness (QED) is 0.369. The van der Waals surface area contributed by atoms with Crippen molar-refractivity contribution in [2.75, 3.05) is 18.5 Å². The van der Waals surface area contributed by atoms with Crippen molar-refractivity contribution in [3.63, 3.8) is 0 Å². The lowest BCUT2D eigenvalue weighted by atomic mass is 10.1. The average Bonchev–Trinajstić information content (AvgIpc) is 2.81. The monoisotopic (exact) mass is 428 g/mol. The Hall–Kier alpha value is -3.76. The molecule has 0 unspecified atom stereocenters. The van der Waals surface area contributed by atoms with Crippen molar-refractivity contribution < 1.29 is 0 Å². The number of anilines is 1. The van der Waals surface area contributed by atoms with Gasteiger partial charge in [-0.15, -0.1) is 0 Å². The Labute approximate surface area is 188 Å². The second-order valence-corrected chi connectivity index (χ2v) is 7.46. The van der Waals surface area contributed by atoms with Gasteiger partial charge in [0.05, 0.1) is 11.9 Å². The molecular weight excluding hydrogens is 400 g/mol. The van der Waals surface area contributed by atoms with Crippen LogP contribution < -0.4 is 11.0 Å². The molecule has 7 heteroatoms. The predicted octanol–water partition coefficient (Wildman–Crippen LogP) is 4.38. The van der Waals surface area contributed by atoms with Crippen LogP contribution in [0.15, 0.2) is 64.5 Å². The molecule has 7 nitrogen and oxygen atoms in total. The zero-order valence-electron chi connectivity index (χ0n) is 18.5. The van der Waals surface area contributed by atoms with Crippen molar-refractivity contribution >= 4 is 12.2 Å². The van der Waals surface area contributed by atoms with Crippen LogP contribution in [0.2, 0.25) is 0 Å². The fraction of sp³-hybridized carbons (Fsp3) is 0.280. The van der Waals surface area contributed by atoms with Gasteiger partial charge in [-0.05, 0) is 37.1 Å². The molecule has 1 heterocycles. The fourth-order valence-corrected chi connectivity index (χ4v) is 3.55. The maximum absolute atomic E-state index is 12.4. The normalized spacial score (nSPS) is 11.1. The van der Waals surface area contributed by atoms with E-state index in [4.69, 9.17) is 0 Å². The lowest BCUT2D eigenvalue weighted by Gasteiger charge is -2.21. The van der Waals surface area contributed by atoms with E-state index in [1.165, 1.54) is 5.56 Å². The van der Waals surface area contributed by atoms with Crippen molar-refractivity contribution in [2.24, 2.45) is 5.10 Å². The number of nitriles is 1. The van der Waals surface area contributed by atoms with Crippen LogP contribution in [0.5, 0.6) is 0 Å². The highest BCUT2D eigenvalue weighted by Crippen LogP contribution is 2.19. The van der Waals surface area contributed by atoms with Crippen molar-refractivity contribution in [1.29, 1.82) is 5.26 Å². The van der Waals surface area contributed by atoms with Gasteiger partial charge in [0, 0.05) is 12.1 Å². The van der Waals surface area contributed by atoms with Crippen LogP contribution in [0.3, 0.4) is 0 Å². The van der Waals surface area contributed by atoms with E-state index < -0.39 is 5.56 Å². The van der Waals surface area contributed by atoms with E-state index in [9.17, 15) is 10.1 Å². The van der Waals surface area contributed by atoms with Crippen molar-refractivity contribution in [3.8, 4) is 17.3 Å². The molecule has 32 heavy (non-hydrogen) atoms. The van der Waals surface area contributed by atoms with Crippen LogP contribution >= 0.6 is 0 Å². The van der Waals surface area contributed by atoms with E-state index >= 15 is 0 Å². The molecule has 0 saturated carbocycles. The number of benzene rings is 2. The summed E-state index contributed by atoms with van der Waals surface area (Å²) in [5, 5.41) is 13.7. The van der Waals surface area contributed by atoms with E-state index in [1.807, 2.05) is 54.6 Å². The molecule has 0 aliphatic heterocycles. The first-order valence-electron chi connectivity index (χ1n) is 10.8. The summed E-state index contributed by atoms with van der Waals surface area (Å²) in [5.74, 6) is 0.181. The van der Waals surface area contributed by atoms with Crippen LogP contribution in [0, 0.1) is 11.3 Å². The van der Waals surface area contributed by atoms with E-state index in [0.29, 0.717) is 11.3 Å². The SMILES string of the molecule is CCCN(CCC)Cc1ccccc1C=NNc1nc(-c2ccccc2)c(C#N)c(=O)[nH]1. The number of aromatic amines is 1. The number of nitrogens with one attached hydrogen (secondary N) is 2. The maximum atomic E-state index is 12.4. The van der Waals surface area contributed by atoms with Crippen LogP contribution in [-0.4, -0.2) is 34.2 Å². The second-order valence-electron chi connectivity index (χ2n) is 7.46. The van der Waals surface area contributed by atoms with E-state index in [2.05, 4.69) is 45.3 Å². The maximum Gasteiger partial charge on any atom is 0.270 e. The van der Waals surface area contributed by atoms with Crippen LogP contribution in [-0.2, 0) is 6.54 Å². The minimum absolute atomic E-state index is 0.0250. The summed E-state index contributed by atoms with van der Waals surface area (Å²) in [6, 6.07) is 19.2. The summed E-state index contributed by atoms with van der Waals surface area (Å²) in [7, 11) is 0. The number of hydrazone groups is 1. The molecule has 2 aromatic carbocycles.